The first-order valence-corrected chi connectivity index (χ1v) is 5.12. The molecule has 2 atom stereocenters. The van der Waals surface area contributed by atoms with E-state index in [4.69, 9.17) is 0 Å². The zero-order valence-electron chi connectivity index (χ0n) is 8.80. The normalized spacial score (nSPS) is 26.7. The molecule has 0 aromatic carbocycles. The Hall–Kier alpha value is -1.06. The van der Waals surface area contributed by atoms with E-state index >= 15 is 0 Å². The van der Waals surface area contributed by atoms with Gasteiger partial charge in [0.15, 0.2) is 0 Å². The predicted octanol–water partition coefficient (Wildman–Crippen LogP) is 0.570. The molecule has 0 aromatic rings. The molecule has 0 bridgehead atoms. The largest absolute Gasteiger partial charge is 0.354 e. The third-order valence-electron chi connectivity index (χ3n) is 2.49. The molecule has 0 saturated heterocycles. The number of rotatable bonds is 2. The highest BCUT2D eigenvalue weighted by atomic mass is 16.2. The average molecular weight is 198 g/mol. The van der Waals surface area contributed by atoms with Crippen LogP contribution in [0.4, 0.5) is 0 Å². The maximum atomic E-state index is 10.8. The average Bonchev–Trinajstić information content (AvgIpc) is 2.01. The molecule has 0 spiro atoms. The Morgan fingerprint density at radius 2 is 1.43 bits per heavy atom. The van der Waals surface area contributed by atoms with Crippen molar-refractivity contribution in [1.82, 2.24) is 10.6 Å². The summed E-state index contributed by atoms with van der Waals surface area (Å²) in [5.74, 6) is 0.0250. The summed E-state index contributed by atoms with van der Waals surface area (Å²) in [7, 11) is 0. The Morgan fingerprint density at radius 1 is 1.00 bits per heavy atom. The first kappa shape index (κ1) is 11.0. The fourth-order valence-electron chi connectivity index (χ4n) is 2.03. The lowest BCUT2D eigenvalue weighted by Crippen LogP contribution is -2.44. The Labute approximate surface area is 84.4 Å². The van der Waals surface area contributed by atoms with Gasteiger partial charge in [-0.25, -0.2) is 0 Å². The molecule has 80 valence electrons. The molecule has 14 heavy (non-hydrogen) atoms. The van der Waals surface area contributed by atoms with Gasteiger partial charge in [-0.15, -0.1) is 0 Å². The van der Waals surface area contributed by atoms with Crippen molar-refractivity contribution < 1.29 is 9.59 Å². The van der Waals surface area contributed by atoms with Gasteiger partial charge in [0.1, 0.15) is 0 Å². The molecule has 4 heteroatoms. The quantitative estimate of drug-likeness (QED) is 0.681. The molecule has 0 heterocycles. The first-order valence-electron chi connectivity index (χ1n) is 5.12. The van der Waals surface area contributed by atoms with E-state index in [1.807, 2.05) is 0 Å². The van der Waals surface area contributed by atoms with Gasteiger partial charge >= 0.3 is 0 Å². The summed E-state index contributed by atoms with van der Waals surface area (Å²) < 4.78 is 0. The van der Waals surface area contributed by atoms with Crippen molar-refractivity contribution in [3.63, 3.8) is 0 Å². The Balaban J connectivity index is 2.35. The molecule has 1 fully saturated rings. The maximum Gasteiger partial charge on any atom is 0.217 e. The van der Waals surface area contributed by atoms with Crippen molar-refractivity contribution in [3.8, 4) is 0 Å². The minimum absolute atomic E-state index is 0.0125. The van der Waals surface area contributed by atoms with Gasteiger partial charge in [-0.2, -0.15) is 0 Å². The minimum Gasteiger partial charge on any atom is -0.354 e. The SMILES string of the molecule is CC(=O)N[C@@H]1CCC[C@@H](NC(C)=O)C1. The lowest BCUT2D eigenvalue weighted by molar-refractivity contribution is -0.120. The lowest BCUT2D eigenvalue weighted by Gasteiger charge is -2.29. The van der Waals surface area contributed by atoms with Crippen LogP contribution in [0.3, 0.4) is 0 Å². The number of hydrogen-bond donors (Lipinski definition) is 2. The van der Waals surface area contributed by atoms with Gasteiger partial charge in [0.25, 0.3) is 0 Å². The zero-order chi connectivity index (χ0) is 10.6. The predicted molar refractivity (Wildman–Crippen MR) is 53.7 cm³/mol. The summed E-state index contributed by atoms with van der Waals surface area (Å²) in [4.78, 5) is 21.7. The van der Waals surface area contributed by atoms with E-state index in [0.717, 1.165) is 25.7 Å². The number of hydrogen-bond acceptors (Lipinski definition) is 2. The Bertz CT molecular complexity index is 206. The van der Waals surface area contributed by atoms with Crippen LogP contribution < -0.4 is 10.6 Å². The van der Waals surface area contributed by atoms with E-state index in [2.05, 4.69) is 10.6 Å². The second kappa shape index (κ2) is 4.98. The zero-order valence-corrected chi connectivity index (χ0v) is 8.80. The summed E-state index contributed by atoms with van der Waals surface area (Å²) >= 11 is 0. The van der Waals surface area contributed by atoms with Crippen molar-refractivity contribution in [3.05, 3.63) is 0 Å². The number of amides is 2. The Morgan fingerprint density at radius 3 is 1.79 bits per heavy atom. The van der Waals surface area contributed by atoms with Gasteiger partial charge in [-0.1, -0.05) is 0 Å². The molecule has 1 aliphatic carbocycles. The molecular weight excluding hydrogens is 180 g/mol. The lowest BCUT2D eigenvalue weighted by atomic mass is 9.91. The van der Waals surface area contributed by atoms with Crippen molar-refractivity contribution >= 4 is 11.8 Å². The van der Waals surface area contributed by atoms with E-state index < -0.39 is 0 Å². The summed E-state index contributed by atoms with van der Waals surface area (Å²) in [6.45, 7) is 3.06. The van der Waals surface area contributed by atoms with Crippen molar-refractivity contribution in [2.45, 2.75) is 51.6 Å². The van der Waals surface area contributed by atoms with Crippen molar-refractivity contribution in [2.75, 3.05) is 0 Å². The molecule has 0 unspecified atom stereocenters. The highest BCUT2D eigenvalue weighted by Crippen LogP contribution is 2.18. The standard InChI is InChI=1S/C10H18N2O2/c1-7(13)11-9-4-3-5-10(6-9)12-8(2)14/h9-10H,3-6H2,1-2H3,(H,11,13)(H,12,14)/t9-,10-/m1/s1. The van der Waals surface area contributed by atoms with Gasteiger partial charge < -0.3 is 10.6 Å². The van der Waals surface area contributed by atoms with Gasteiger partial charge in [-0.3, -0.25) is 9.59 Å². The maximum absolute atomic E-state index is 10.8. The number of nitrogens with one attached hydrogen (secondary N) is 2. The second-order valence-electron chi connectivity index (χ2n) is 3.96. The number of carbonyl (C=O) groups is 2. The topological polar surface area (TPSA) is 58.2 Å². The van der Waals surface area contributed by atoms with Crippen LogP contribution in [0.2, 0.25) is 0 Å². The van der Waals surface area contributed by atoms with Crippen LogP contribution in [0.1, 0.15) is 39.5 Å². The van der Waals surface area contributed by atoms with E-state index in [1.165, 1.54) is 13.8 Å². The fourth-order valence-corrected chi connectivity index (χ4v) is 2.03. The summed E-state index contributed by atoms with van der Waals surface area (Å²) in [5, 5.41) is 5.79. The molecule has 4 nitrogen and oxygen atoms in total. The van der Waals surface area contributed by atoms with Crippen molar-refractivity contribution in [2.24, 2.45) is 0 Å². The summed E-state index contributed by atoms with van der Waals surface area (Å²) in [6.07, 6.45) is 3.97. The van der Waals surface area contributed by atoms with Gasteiger partial charge in [0.05, 0.1) is 0 Å². The summed E-state index contributed by atoms with van der Waals surface area (Å²) in [6, 6.07) is 0.469. The minimum atomic E-state index is 0.0125. The van der Waals surface area contributed by atoms with Gasteiger partial charge in [-0.05, 0) is 25.7 Å². The van der Waals surface area contributed by atoms with Crippen LogP contribution in [0.15, 0.2) is 0 Å². The van der Waals surface area contributed by atoms with Crippen LogP contribution >= 0.6 is 0 Å². The number of carbonyl (C=O) groups excluding carboxylic acids is 2. The van der Waals surface area contributed by atoms with Gasteiger partial charge in [0.2, 0.25) is 11.8 Å². The van der Waals surface area contributed by atoms with E-state index in [0.29, 0.717) is 0 Å². The first-order chi connectivity index (χ1) is 6.58. The smallest absolute Gasteiger partial charge is 0.217 e. The molecule has 0 aliphatic heterocycles. The molecule has 0 radical (unpaired) electrons. The van der Waals surface area contributed by atoms with E-state index in [-0.39, 0.29) is 23.9 Å². The van der Waals surface area contributed by atoms with Crippen LogP contribution in [0.5, 0.6) is 0 Å². The molecule has 2 amide bonds. The van der Waals surface area contributed by atoms with Crippen molar-refractivity contribution in [1.29, 1.82) is 0 Å². The second-order valence-corrected chi connectivity index (χ2v) is 3.96. The molecule has 1 saturated carbocycles. The highest BCUT2D eigenvalue weighted by Gasteiger charge is 2.22. The van der Waals surface area contributed by atoms with E-state index in [1.54, 1.807) is 0 Å². The fraction of sp³-hybridized carbons (Fsp3) is 0.800. The molecule has 0 aromatic heterocycles. The van der Waals surface area contributed by atoms with Crippen LogP contribution in [-0.4, -0.2) is 23.9 Å². The monoisotopic (exact) mass is 198 g/mol. The molecule has 1 aliphatic rings. The molecule has 1 rings (SSSR count). The third-order valence-corrected chi connectivity index (χ3v) is 2.49. The van der Waals surface area contributed by atoms with Crippen LogP contribution in [0.25, 0.3) is 0 Å². The molecular formula is C10H18N2O2. The summed E-state index contributed by atoms with van der Waals surface area (Å²) in [5.41, 5.74) is 0. The highest BCUT2D eigenvalue weighted by molar-refractivity contribution is 5.74. The Kier molecular flexibility index (Phi) is 3.92. The van der Waals surface area contributed by atoms with E-state index in [9.17, 15) is 9.59 Å². The van der Waals surface area contributed by atoms with Crippen LogP contribution in [-0.2, 0) is 9.59 Å². The van der Waals surface area contributed by atoms with Gasteiger partial charge in [0, 0.05) is 25.9 Å². The third kappa shape index (κ3) is 3.77. The van der Waals surface area contributed by atoms with Crippen LogP contribution in [0, 0.1) is 0 Å². The molecule has 2 N–H and O–H groups in total.